The molecule has 0 aromatic carbocycles. The van der Waals surface area contributed by atoms with E-state index < -0.39 is 0 Å². The van der Waals surface area contributed by atoms with Crippen LogP contribution in [0.3, 0.4) is 0 Å². The van der Waals surface area contributed by atoms with Gasteiger partial charge in [-0.1, -0.05) is 0 Å². The average Bonchev–Trinajstić information content (AvgIpc) is 2.74. The molecule has 2 aromatic rings. The monoisotopic (exact) mass is 246 g/mol. The number of nitrogens with zero attached hydrogens (tertiary/aromatic N) is 3. The highest BCUT2D eigenvalue weighted by atomic mass is 16.3. The largest absolute Gasteiger partial charge is 0.469 e. The van der Waals surface area contributed by atoms with Crippen LogP contribution in [-0.2, 0) is 6.54 Å². The predicted octanol–water partition coefficient (Wildman–Crippen LogP) is 2.36. The summed E-state index contributed by atoms with van der Waals surface area (Å²) in [6, 6.07) is 3.92. The fourth-order valence-corrected chi connectivity index (χ4v) is 1.79. The van der Waals surface area contributed by atoms with E-state index in [-0.39, 0.29) is 0 Å². The Bertz CT molecular complexity index is 536. The van der Waals surface area contributed by atoms with Gasteiger partial charge in [-0.05, 0) is 19.9 Å². The molecule has 1 N–H and O–H groups in total. The Hall–Kier alpha value is -2.04. The van der Waals surface area contributed by atoms with Crippen molar-refractivity contribution in [3.8, 4) is 0 Å². The second-order valence-corrected chi connectivity index (χ2v) is 4.27. The van der Waals surface area contributed by atoms with Gasteiger partial charge in [-0.2, -0.15) is 0 Å². The molecule has 2 aromatic heterocycles. The molecule has 5 nitrogen and oxygen atoms in total. The molecule has 2 heterocycles. The Kier molecular flexibility index (Phi) is 3.50. The van der Waals surface area contributed by atoms with Crippen molar-refractivity contribution in [1.82, 2.24) is 9.97 Å². The first-order valence-electron chi connectivity index (χ1n) is 5.87. The van der Waals surface area contributed by atoms with Crippen LogP contribution in [0.15, 0.2) is 22.8 Å². The molecule has 0 unspecified atom stereocenters. The maximum Gasteiger partial charge on any atom is 0.134 e. The van der Waals surface area contributed by atoms with E-state index in [9.17, 15) is 0 Å². The number of furan rings is 1. The molecule has 2 rings (SSSR count). The fraction of sp³-hybridized carbons (Fsp3) is 0.385. The fourth-order valence-electron chi connectivity index (χ4n) is 1.79. The SMILES string of the molecule is CNc1cc(N(C)Cc2ccoc2C)nc(C)n1. The molecule has 0 aliphatic rings. The molecule has 0 atom stereocenters. The lowest BCUT2D eigenvalue weighted by Gasteiger charge is -2.18. The van der Waals surface area contributed by atoms with E-state index in [2.05, 4.69) is 20.2 Å². The summed E-state index contributed by atoms with van der Waals surface area (Å²) in [4.78, 5) is 10.8. The van der Waals surface area contributed by atoms with Crippen LogP contribution < -0.4 is 10.2 Å². The van der Waals surface area contributed by atoms with Crippen LogP contribution in [0, 0.1) is 13.8 Å². The second kappa shape index (κ2) is 5.08. The van der Waals surface area contributed by atoms with E-state index >= 15 is 0 Å². The standard InChI is InChI=1S/C13H18N4O/c1-9-11(5-6-18-9)8-17(4)13-7-12(14-3)15-10(2)16-13/h5-7H,8H2,1-4H3,(H,14,15,16). The van der Waals surface area contributed by atoms with Gasteiger partial charge in [0.1, 0.15) is 23.2 Å². The van der Waals surface area contributed by atoms with Gasteiger partial charge in [0.25, 0.3) is 0 Å². The van der Waals surface area contributed by atoms with Crippen LogP contribution in [0.1, 0.15) is 17.1 Å². The summed E-state index contributed by atoms with van der Waals surface area (Å²) in [7, 11) is 3.86. The summed E-state index contributed by atoms with van der Waals surface area (Å²) < 4.78 is 5.30. The van der Waals surface area contributed by atoms with Crippen LogP contribution >= 0.6 is 0 Å². The highest BCUT2D eigenvalue weighted by Crippen LogP contribution is 2.18. The zero-order chi connectivity index (χ0) is 13.1. The van der Waals surface area contributed by atoms with Crippen LogP contribution in [0.4, 0.5) is 11.6 Å². The van der Waals surface area contributed by atoms with E-state index in [0.29, 0.717) is 0 Å². The molecule has 0 fully saturated rings. The van der Waals surface area contributed by atoms with Gasteiger partial charge in [-0.15, -0.1) is 0 Å². The van der Waals surface area contributed by atoms with E-state index in [0.717, 1.165) is 29.8 Å². The highest BCUT2D eigenvalue weighted by Gasteiger charge is 2.09. The van der Waals surface area contributed by atoms with Crippen LogP contribution in [0.5, 0.6) is 0 Å². The molecule has 0 saturated carbocycles. The third-order valence-electron chi connectivity index (χ3n) is 2.85. The van der Waals surface area contributed by atoms with E-state index in [1.165, 1.54) is 5.56 Å². The Morgan fingerprint density at radius 1 is 1.33 bits per heavy atom. The van der Waals surface area contributed by atoms with Crippen molar-refractivity contribution < 1.29 is 4.42 Å². The highest BCUT2D eigenvalue weighted by molar-refractivity contribution is 5.49. The quantitative estimate of drug-likeness (QED) is 0.897. The van der Waals surface area contributed by atoms with Crippen molar-refractivity contribution in [1.29, 1.82) is 0 Å². The first-order valence-corrected chi connectivity index (χ1v) is 5.87. The van der Waals surface area contributed by atoms with E-state index in [4.69, 9.17) is 4.42 Å². The lowest BCUT2D eigenvalue weighted by Crippen LogP contribution is -2.18. The second-order valence-electron chi connectivity index (χ2n) is 4.27. The van der Waals surface area contributed by atoms with Crippen LogP contribution in [0.2, 0.25) is 0 Å². The summed E-state index contributed by atoms with van der Waals surface area (Å²) >= 11 is 0. The minimum Gasteiger partial charge on any atom is -0.469 e. The van der Waals surface area contributed by atoms with Gasteiger partial charge in [0.05, 0.1) is 6.26 Å². The lowest BCUT2D eigenvalue weighted by atomic mass is 10.2. The number of nitrogens with one attached hydrogen (secondary N) is 1. The molecule has 96 valence electrons. The number of anilines is 2. The normalized spacial score (nSPS) is 10.4. The average molecular weight is 246 g/mol. The van der Waals surface area contributed by atoms with Gasteiger partial charge in [-0.25, -0.2) is 9.97 Å². The molecular weight excluding hydrogens is 228 g/mol. The lowest BCUT2D eigenvalue weighted by molar-refractivity contribution is 0.529. The topological polar surface area (TPSA) is 54.2 Å². The Morgan fingerprint density at radius 3 is 2.72 bits per heavy atom. The van der Waals surface area contributed by atoms with E-state index in [1.54, 1.807) is 6.26 Å². The number of aromatic nitrogens is 2. The number of aryl methyl sites for hydroxylation is 2. The van der Waals surface area contributed by atoms with Gasteiger partial charge in [0.15, 0.2) is 0 Å². The number of rotatable bonds is 4. The van der Waals surface area contributed by atoms with Gasteiger partial charge in [-0.3, -0.25) is 0 Å². The van der Waals surface area contributed by atoms with Crippen molar-refractivity contribution in [3.05, 3.63) is 35.5 Å². The summed E-state index contributed by atoms with van der Waals surface area (Å²) in [5, 5.41) is 3.04. The summed E-state index contributed by atoms with van der Waals surface area (Å²) in [5.41, 5.74) is 1.17. The molecule has 5 heteroatoms. The summed E-state index contributed by atoms with van der Waals surface area (Å²) in [5.74, 6) is 3.43. The minimum atomic E-state index is 0.757. The molecule has 0 amide bonds. The van der Waals surface area contributed by atoms with Gasteiger partial charge >= 0.3 is 0 Å². The molecule has 0 bridgehead atoms. The van der Waals surface area contributed by atoms with Crippen LogP contribution in [0.25, 0.3) is 0 Å². The Labute approximate surface area is 107 Å². The van der Waals surface area contributed by atoms with Crippen molar-refractivity contribution in [2.24, 2.45) is 0 Å². The van der Waals surface area contributed by atoms with Crippen LogP contribution in [-0.4, -0.2) is 24.1 Å². The maximum atomic E-state index is 5.30. The first kappa shape index (κ1) is 12.4. The minimum absolute atomic E-state index is 0.757. The molecule has 0 radical (unpaired) electrons. The summed E-state index contributed by atoms with van der Waals surface area (Å²) in [6.07, 6.45) is 1.71. The van der Waals surface area contributed by atoms with Crippen molar-refractivity contribution in [2.45, 2.75) is 20.4 Å². The van der Waals surface area contributed by atoms with E-state index in [1.807, 2.05) is 40.1 Å². The smallest absolute Gasteiger partial charge is 0.134 e. The molecular formula is C13H18N4O. The zero-order valence-electron chi connectivity index (χ0n) is 11.2. The molecule has 0 aliphatic heterocycles. The van der Waals surface area contributed by atoms with Gasteiger partial charge in [0, 0.05) is 32.3 Å². The van der Waals surface area contributed by atoms with Crippen molar-refractivity contribution >= 4 is 11.6 Å². The Morgan fingerprint density at radius 2 is 2.11 bits per heavy atom. The van der Waals surface area contributed by atoms with Gasteiger partial charge in [0.2, 0.25) is 0 Å². The van der Waals surface area contributed by atoms with Gasteiger partial charge < -0.3 is 14.6 Å². The number of hydrogen-bond acceptors (Lipinski definition) is 5. The third-order valence-corrected chi connectivity index (χ3v) is 2.85. The molecule has 18 heavy (non-hydrogen) atoms. The summed E-state index contributed by atoms with van der Waals surface area (Å²) in [6.45, 7) is 4.62. The molecule has 0 spiro atoms. The molecule has 0 saturated heterocycles. The first-order chi connectivity index (χ1) is 8.60. The maximum absolute atomic E-state index is 5.30. The Balaban J connectivity index is 2.20. The van der Waals surface area contributed by atoms with Crippen molar-refractivity contribution in [2.75, 3.05) is 24.3 Å². The molecule has 0 aliphatic carbocycles. The predicted molar refractivity (Wildman–Crippen MR) is 71.9 cm³/mol. The number of hydrogen-bond donors (Lipinski definition) is 1. The zero-order valence-corrected chi connectivity index (χ0v) is 11.2. The third kappa shape index (κ3) is 2.61. The van der Waals surface area contributed by atoms with Crippen molar-refractivity contribution in [3.63, 3.8) is 0 Å².